The molecule has 0 unspecified atom stereocenters. The van der Waals surface area contributed by atoms with Crippen LogP contribution in [0.15, 0.2) is 41.3 Å². The van der Waals surface area contributed by atoms with Crippen molar-refractivity contribution in [2.75, 3.05) is 0 Å². The largest absolute Gasteiger partial charge is 0.416 e. The molecular weight excluding hydrogens is 267 g/mol. The SMILES string of the molecule is O=c1[nH]cc(-c2ccc(C(F)(F)F)cc2)cc1Cl. The third-order valence-corrected chi connectivity index (χ3v) is 2.68. The summed E-state index contributed by atoms with van der Waals surface area (Å²) in [7, 11) is 0. The maximum Gasteiger partial charge on any atom is 0.416 e. The van der Waals surface area contributed by atoms with E-state index in [1.165, 1.54) is 24.4 Å². The van der Waals surface area contributed by atoms with Crippen LogP contribution < -0.4 is 5.56 Å². The number of pyridine rings is 1. The van der Waals surface area contributed by atoms with Crippen molar-refractivity contribution in [3.05, 3.63) is 57.5 Å². The van der Waals surface area contributed by atoms with Crippen LogP contribution in [0.3, 0.4) is 0 Å². The minimum atomic E-state index is -4.36. The van der Waals surface area contributed by atoms with Gasteiger partial charge in [-0.15, -0.1) is 0 Å². The van der Waals surface area contributed by atoms with Crippen LogP contribution in [0.1, 0.15) is 5.56 Å². The highest BCUT2D eigenvalue weighted by atomic mass is 35.5. The molecule has 2 nitrogen and oxygen atoms in total. The molecule has 1 N–H and O–H groups in total. The molecule has 0 saturated carbocycles. The van der Waals surface area contributed by atoms with Gasteiger partial charge in [0.1, 0.15) is 5.02 Å². The van der Waals surface area contributed by atoms with Gasteiger partial charge in [-0.2, -0.15) is 13.2 Å². The van der Waals surface area contributed by atoms with E-state index in [-0.39, 0.29) is 5.02 Å². The lowest BCUT2D eigenvalue weighted by molar-refractivity contribution is -0.137. The predicted molar refractivity (Wildman–Crippen MR) is 62.5 cm³/mol. The van der Waals surface area contributed by atoms with Gasteiger partial charge in [-0.3, -0.25) is 4.79 Å². The van der Waals surface area contributed by atoms with Crippen molar-refractivity contribution in [2.24, 2.45) is 0 Å². The summed E-state index contributed by atoms with van der Waals surface area (Å²) in [4.78, 5) is 13.5. The zero-order chi connectivity index (χ0) is 13.3. The van der Waals surface area contributed by atoms with E-state index in [1.54, 1.807) is 0 Å². The second kappa shape index (κ2) is 4.49. The molecule has 0 aliphatic heterocycles. The number of halogens is 4. The van der Waals surface area contributed by atoms with Crippen LogP contribution in [0.25, 0.3) is 11.1 Å². The van der Waals surface area contributed by atoms with Gasteiger partial charge in [0, 0.05) is 6.20 Å². The van der Waals surface area contributed by atoms with E-state index >= 15 is 0 Å². The van der Waals surface area contributed by atoms with Crippen LogP contribution in [0.2, 0.25) is 5.02 Å². The Hall–Kier alpha value is -1.75. The lowest BCUT2D eigenvalue weighted by atomic mass is 10.1. The van der Waals surface area contributed by atoms with Gasteiger partial charge < -0.3 is 4.98 Å². The van der Waals surface area contributed by atoms with E-state index < -0.39 is 17.3 Å². The lowest BCUT2D eigenvalue weighted by Crippen LogP contribution is -2.05. The van der Waals surface area contributed by atoms with Gasteiger partial charge in [0.15, 0.2) is 0 Å². The molecule has 1 aromatic carbocycles. The molecule has 0 spiro atoms. The number of aromatic amines is 1. The summed E-state index contributed by atoms with van der Waals surface area (Å²) in [5.74, 6) is 0. The summed E-state index contributed by atoms with van der Waals surface area (Å²) in [5, 5.41) is -0.00704. The molecule has 0 aliphatic rings. The maximum atomic E-state index is 12.4. The number of nitrogens with one attached hydrogen (secondary N) is 1. The first kappa shape index (κ1) is 12.7. The lowest BCUT2D eigenvalue weighted by Gasteiger charge is -2.07. The standard InChI is InChI=1S/C12H7ClF3NO/c13-10-5-8(6-17-11(10)18)7-1-3-9(4-2-7)12(14,15)16/h1-6H,(H,17,18). The average molecular weight is 274 g/mol. The number of hydrogen-bond donors (Lipinski definition) is 1. The molecule has 0 atom stereocenters. The summed E-state index contributed by atoms with van der Waals surface area (Å²) < 4.78 is 37.1. The highest BCUT2D eigenvalue weighted by Crippen LogP contribution is 2.30. The van der Waals surface area contributed by atoms with Gasteiger partial charge in [0.25, 0.3) is 5.56 Å². The monoisotopic (exact) mass is 273 g/mol. The molecule has 0 aliphatic carbocycles. The van der Waals surface area contributed by atoms with E-state index in [0.29, 0.717) is 11.1 Å². The zero-order valence-electron chi connectivity index (χ0n) is 8.88. The van der Waals surface area contributed by atoms with E-state index in [0.717, 1.165) is 12.1 Å². The highest BCUT2D eigenvalue weighted by molar-refractivity contribution is 6.30. The van der Waals surface area contributed by atoms with Crippen LogP contribution >= 0.6 is 11.6 Å². The Morgan fingerprint density at radius 3 is 2.17 bits per heavy atom. The molecule has 1 heterocycles. The van der Waals surface area contributed by atoms with Crippen LogP contribution in [-0.2, 0) is 6.18 Å². The Morgan fingerprint density at radius 1 is 1.06 bits per heavy atom. The number of benzene rings is 1. The Morgan fingerprint density at radius 2 is 1.67 bits per heavy atom. The number of aromatic nitrogens is 1. The molecular formula is C12H7ClF3NO. The third kappa shape index (κ3) is 2.56. The van der Waals surface area contributed by atoms with Crippen LogP contribution in [0.4, 0.5) is 13.2 Å². The smallest absolute Gasteiger partial charge is 0.327 e. The second-order valence-corrected chi connectivity index (χ2v) is 4.05. The van der Waals surface area contributed by atoms with Crippen LogP contribution in [0.5, 0.6) is 0 Å². The molecule has 0 bridgehead atoms. The fraction of sp³-hybridized carbons (Fsp3) is 0.0833. The first-order valence-corrected chi connectivity index (χ1v) is 5.31. The van der Waals surface area contributed by atoms with Crippen molar-refractivity contribution in [1.29, 1.82) is 0 Å². The average Bonchev–Trinajstić information content (AvgIpc) is 2.32. The Labute approximate surface area is 105 Å². The number of rotatable bonds is 1. The Kier molecular flexibility index (Phi) is 3.17. The van der Waals surface area contributed by atoms with Crippen molar-refractivity contribution >= 4 is 11.6 Å². The van der Waals surface area contributed by atoms with E-state index in [9.17, 15) is 18.0 Å². The maximum absolute atomic E-state index is 12.4. The summed E-state index contributed by atoms with van der Waals surface area (Å²) in [5.41, 5.74) is -0.0661. The number of H-pyrrole nitrogens is 1. The third-order valence-electron chi connectivity index (χ3n) is 2.40. The second-order valence-electron chi connectivity index (χ2n) is 3.64. The van der Waals surface area contributed by atoms with Crippen LogP contribution in [0, 0.1) is 0 Å². The van der Waals surface area contributed by atoms with Gasteiger partial charge in [0.05, 0.1) is 5.56 Å². The van der Waals surface area contributed by atoms with Crippen molar-refractivity contribution < 1.29 is 13.2 Å². The van der Waals surface area contributed by atoms with Crippen molar-refractivity contribution in [3.63, 3.8) is 0 Å². The summed E-state index contributed by atoms with van der Waals surface area (Å²) >= 11 is 5.64. The number of hydrogen-bond acceptors (Lipinski definition) is 1. The molecule has 0 fully saturated rings. The predicted octanol–water partition coefficient (Wildman–Crippen LogP) is 3.71. The van der Waals surface area contributed by atoms with Crippen molar-refractivity contribution in [1.82, 2.24) is 4.98 Å². The van der Waals surface area contributed by atoms with Crippen molar-refractivity contribution in [3.8, 4) is 11.1 Å². The summed E-state index contributed by atoms with van der Waals surface area (Å²) in [6, 6.07) is 6.02. The van der Waals surface area contributed by atoms with Gasteiger partial charge in [0.2, 0.25) is 0 Å². The van der Waals surface area contributed by atoms with Crippen LogP contribution in [-0.4, -0.2) is 4.98 Å². The Bertz CT molecular complexity index is 616. The highest BCUT2D eigenvalue weighted by Gasteiger charge is 2.29. The summed E-state index contributed by atoms with van der Waals surface area (Å²) in [6.45, 7) is 0. The summed E-state index contributed by atoms with van der Waals surface area (Å²) in [6.07, 6.45) is -2.96. The quantitative estimate of drug-likeness (QED) is 0.844. The molecule has 94 valence electrons. The minimum Gasteiger partial charge on any atom is -0.327 e. The van der Waals surface area contributed by atoms with Crippen molar-refractivity contribution in [2.45, 2.75) is 6.18 Å². The van der Waals surface area contributed by atoms with E-state index in [2.05, 4.69) is 4.98 Å². The number of alkyl halides is 3. The molecule has 1 aromatic heterocycles. The van der Waals surface area contributed by atoms with Gasteiger partial charge in [-0.05, 0) is 29.3 Å². The van der Waals surface area contributed by atoms with E-state index in [1.807, 2.05) is 0 Å². The molecule has 0 saturated heterocycles. The van der Waals surface area contributed by atoms with Gasteiger partial charge >= 0.3 is 6.18 Å². The fourth-order valence-corrected chi connectivity index (χ4v) is 1.65. The molecule has 2 aromatic rings. The normalized spacial score (nSPS) is 11.6. The van der Waals surface area contributed by atoms with Gasteiger partial charge in [-0.25, -0.2) is 0 Å². The fourth-order valence-electron chi connectivity index (χ4n) is 1.47. The first-order valence-electron chi connectivity index (χ1n) is 4.94. The molecule has 0 amide bonds. The van der Waals surface area contributed by atoms with E-state index in [4.69, 9.17) is 11.6 Å². The Balaban J connectivity index is 2.40. The molecule has 0 radical (unpaired) electrons. The first-order chi connectivity index (χ1) is 8.38. The van der Waals surface area contributed by atoms with Gasteiger partial charge in [-0.1, -0.05) is 23.7 Å². The topological polar surface area (TPSA) is 32.9 Å². The zero-order valence-corrected chi connectivity index (χ0v) is 9.64. The molecule has 6 heteroatoms. The molecule has 18 heavy (non-hydrogen) atoms. The molecule has 2 rings (SSSR count). The minimum absolute atomic E-state index is 0.00704.